The van der Waals surface area contributed by atoms with Crippen LogP contribution in [0.5, 0.6) is 11.5 Å². The van der Waals surface area contributed by atoms with Crippen molar-refractivity contribution in [2.45, 2.75) is 94.9 Å². The van der Waals surface area contributed by atoms with E-state index in [0.29, 0.717) is 55.4 Å². The fraction of sp³-hybridized carbons (Fsp3) is 0.382. The van der Waals surface area contributed by atoms with E-state index in [1.54, 1.807) is 12.0 Å². The molecular formula is C55H63ClN6O7Si. The highest BCUT2D eigenvalue weighted by Gasteiger charge is 2.66. The average Bonchev–Trinajstić information content (AvgIpc) is 4.03. The first-order valence-corrected chi connectivity index (χ1v) is 27.9. The molecule has 1 saturated heterocycles. The van der Waals surface area contributed by atoms with Crippen molar-refractivity contribution in [1.29, 1.82) is 0 Å². The van der Waals surface area contributed by atoms with Crippen LogP contribution in [-0.4, -0.2) is 90.7 Å². The van der Waals surface area contributed by atoms with Crippen molar-refractivity contribution < 1.29 is 34.0 Å². The quantitative estimate of drug-likeness (QED) is 0.0535. The van der Waals surface area contributed by atoms with Crippen molar-refractivity contribution in [2.24, 2.45) is 5.92 Å². The highest BCUT2D eigenvalue weighted by Crippen LogP contribution is 2.60. The lowest BCUT2D eigenvalue weighted by Crippen LogP contribution is -2.51. The number of aromatic nitrogens is 3. The molecule has 0 aliphatic carbocycles. The lowest BCUT2D eigenvalue weighted by atomic mass is 9.82. The first-order valence-electron chi connectivity index (χ1n) is 24.4. The molecule has 6 aromatic rings. The minimum atomic E-state index is -2.46. The number of methoxy groups -OCH3 is 1. The summed E-state index contributed by atoms with van der Waals surface area (Å²) in [6.45, 7) is 10.8. The van der Waals surface area contributed by atoms with Crippen LogP contribution in [0.3, 0.4) is 0 Å². The Balaban J connectivity index is 1.02. The Morgan fingerprint density at radius 1 is 0.929 bits per heavy atom. The predicted molar refractivity (Wildman–Crippen MR) is 275 cm³/mol. The third-order valence-corrected chi connectivity index (χ3v) is 19.4. The van der Waals surface area contributed by atoms with Gasteiger partial charge < -0.3 is 34.6 Å². The molecule has 15 heteroatoms. The number of hydrogen-bond donors (Lipinski definition) is 3. The molecule has 0 bridgehead atoms. The van der Waals surface area contributed by atoms with E-state index in [1.807, 2.05) is 126 Å². The first-order chi connectivity index (χ1) is 33.9. The summed E-state index contributed by atoms with van der Waals surface area (Å²) in [5.74, 6) is 0.787. The second kappa shape index (κ2) is 20.8. The molecule has 2 unspecified atom stereocenters. The SMILES string of the molecule is CCOc1ccc2c(c1)CC(NCCCCO)C(=O)N2c1ccc(CN2C(=O)[C@@]3(O[C@@H](CCn4cc(C(CO)c5ccccc5)nn4)[C@H]([Si](C)(C)c4ccc(OC)cc4)[C@H]3C)c3cc(Cl)ccc32)cc1. The van der Waals surface area contributed by atoms with Crippen molar-refractivity contribution in [3.8, 4) is 11.5 Å². The molecule has 9 rings (SSSR count). The Kier molecular flexibility index (Phi) is 14.6. The normalized spacial score (nSPS) is 21.3. The first kappa shape index (κ1) is 49.1. The smallest absolute Gasteiger partial charge is 0.264 e. The van der Waals surface area contributed by atoms with Gasteiger partial charge in [-0.2, -0.15) is 0 Å². The number of anilines is 3. The lowest BCUT2D eigenvalue weighted by Gasteiger charge is -2.37. The molecule has 70 heavy (non-hydrogen) atoms. The molecule has 6 atom stereocenters. The molecule has 0 saturated carbocycles. The number of halogens is 1. The van der Waals surface area contributed by atoms with Gasteiger partial charge in [-0.05, 0) is 122 Å². The molecule has 1 spiro atoms. The van der Waals surface area contributed by atoms with Gasteiger partial charge in [0.15, 0.2) is 5.60 Å². The maximum Gasteiger partial charge on any atom is 0.264 e. The molecule has 3 aliphatic heterocycles. The van der Waals surface area contributed by atoms with Crippen LogP contribution in [0, 0.1) is 5.92 Å². The molecule has 3 N–H and O–H groups in total. The molecule has 3 aliphatic rings. The van der Waals surface area contributed by atoms with Gasteiger partial charge in [-0.3, -0.25) is 19.2 Å². The average molecular weight is 984 g/mol. The summed E-state index contributed by atoms with van der Waals surface area (Å²) >= 11 is 6.84. The summed E-state index contributed by atoms with van der Waals surface area (Å²) in [7, 11) is -0.789. The molecule has 366 valence electrons. The van der Waals surface area contributed by atoms with Gasteiger partial charge in [-0.15, -0.1) is 5.10 Å². The molecule has 1 fully saturated rings. The monoisotopic (exact) mass is 982 g/mol. The minimum absolute atomic E-state index is 0.0176. The third-order valence-electron chi connectivity index (χ3n) is 14.8. The number of aliphatic hydroxyl groups excluding tert-OH is 2. The Morgan fingerprint density at radius 3 is 2.39 bits per heavy atom. The highest BCUT2D eigenvalue weighted by molar-refractivity contribution is 6.91. The Bertz CT molecular complexity index is 2790. The number of ether oxygens (including phenoxy) is 3. The van der Waals surface area contributed by atoms with Gasteiger partial charge in [0.1, 0.15) is 11.5 Å². The van der Waals surface area contributed by atoms with Crippen LogP contribution < -0.4 is 29.8 Å². The number of nitrogens with zero attached hydrogens (tertiary/aromatic N) is 5. The lowest BCUT2D eigenvalue weighted by molar-refractivity contribution is -0.146. The number of unbranched alkanes of at least 4 members (excludes halogenated alkanes) is 1. The van der Waals surface area contributed by atoms with Gasteiger partial charge in [-0.25, -0.2) is 0 Å². The number of amides is 2. The zero-order valence-corrected chi connectivity index (χ0v) is 42.3. The number of carbonyl (C=O) groups excluding carboxylic acids is 2. The summed E-state index contributed by atoms with van der Waals surface area (Å²) in [6.07, 6.45) is 4.06. The van der Waals surface area contributed by atoms with Gasteiger partial charge in [-0.1, -0.05) is 96.6 Å². The van der Waals surface area contributed by atoms with Crippen LogP contribution >= 0.6 is 11.6 Å². The van der Waals surface area contributed by atoms with Gasteiger partial charge in [0, 0.05) is 41.5 Å². The van der Waals surface area contributed by atoms with Crippen molar-refractivity contribution >= 4 is 53.7 Å². The Labute approximate surface area is 416 Å². The van der Waals surface area contributed by atoms with E-state index in [2.05, 4.69) is 47.8 Å². The van der Waals surface area contributed by atoms with E-state index < -0.39 is 19.7 Å². The maximum atomic E-state index is 15.6. The van der Waals surface area contributed by atoms with Gasteiger partial charge in [0.25, 0.3) is 5.91 Å². The van der Waals surface area contributed by atoms with Crippen LogP contribution in [0.1, 0.15) is 67.0 Å². The molecule has 2 amide bonds. The van der Waals surface area contributed by atoms with Crippen molar-refractivity contribution in [3.63, 3.8) is 0 Å². The molecule has 1 aromatic heterocycles. The van der Waals surface area contributed by atoms with E-state index >= 15 is 4.79 Å². The summed E-state index contributed by atoms with van der Waals surface area (Å²) in [5.41, 5.74) is 5.23. The van der Waals surface area contributed by atoms with Crippen molar-refractivity contribution in [1.82, 2.24) is 20.3 Å². The summed E-state index contributed by atoms with van der Waals surface area (Å²) in [6, 6.07) is 37.1. The largest absolute Gasteiger partial charge is 0.497 e. The summed E-state index contributed by atoms with van der Waals surface area (Å²) < 4.78 is 20.6. The number of nitrogens with one attached hydrogen (secondary N) is 1. The van der Waals surface area contributed by atoms with Crippen molar-refractivity contribution in [3.05, 3.63) is 154 Å². The number of hydrogen-bond acceptors (Lipinski definition) is 10. The zero-order valence-electron chi connectivity index (χ0n) is 40.6. The van der Waals surface area contributed by atoms with Crippen LogP contribution in [-0.2, 0) is 39.4 Å². The second-order valence-corrected chi connectivity index (χ2v) is 24.4. The van der Waals surface area contributed by atoms with E-state index in [9.17, 15) is 15.0 Å². The number of aliphatic hydroxyl groups is 2. The summed E-state index contributed by atoms with van der Waals surface area (Å²) in [4.78, 5) is 33.5. The Morgan fingerprint density at radius 2 is 1.67 bits per heavy atom. The zero-order chi connectivity index (χ0) is 49.2. The predicted octanol–water partition coefficient (Wildman–Crippen LogP) is 8.27. The van der Waals surface area contributed by atoms with Crippen LogP contribution in [0.25, 0.3) is 0 Å². The minimum Gasteiger partial charge on any atom is -0.497 e. The van der Waals surface area contributed by atoms with Crippen LogP contribution in [0.4, 0.5) is 17.1 Å². The van der Waals surface area contributed by atoms with E-state index in [4.69, 9.17) is 25.8 Å². The van der Waals surface area contributed by atoms with Gasteiger partial charge in [0.2, 0.25) is 5.91 Å². The number of benzene rings is 5. The van der Waals surface area contributed by atoms with Gasteiger partial charge >= 0.3 is 0 Å². The molecule has 0 radical (unpaired) electrons. The fourth-order valence-electron chi connectivity index (χ4n) is 11.3. The number of rotatable bonds is 19. The van der Waals surface area contributed by atoms with Crippen LogP contribution in [0.15, 0.2) is 121 Å². The molecule has 13 nitrogen and oxygen atoms in total. The standard InChI is InChI=1S/C55H63ClN6O7Si/c1-6-68-43-21-25-49-39(30-43)31-47(57-27-10-11-29-63)53(65)62(49)41-17-14-37(15-18-41)33-61-50-24-16-40(56)32-46(50)55(54(61)66)36(2)52(70(4,5)44-22-19-42(67-3)20-23-44)51(69-55)26-28-60-34-48(58-59-60)45(35-64)38-12-8-7-9-13-38/h7-9,12-25,30,32,34,36,45,47,51-52,57,63-64H,6,10-11,26-29,31,33,35H2,1-5H3/t36-,45?,47?,51+,52-,55+/m1/s1. The Hall–Kier alpha value is -5.87. The van der Waals surface area contributed by atoms with E-state index in [1.165, 1.54) is 5.19 Å². The topological polar surface area (TPSA) is 152 Å². The number of fused-ring (bicyclic) bond motifs is 3. The summed E-state index contributed by atoms with van der Waals surface area (Å²) in [5, 5.41) is 34.0. The van der Waals surface area contributed by atoms with Gasteiger partial charge in [0.05, 0.1) is 70.1 Å². The molecule has 5 aromatic carbocycles. The van der Waals surface area contributed by atoms with E-state index in [-0.39, 0.29) is 55.1 Å². The third kappa shape index (κ3) is 9.28. The fourth-order valence-corrected chi connectivity index (χ4v) is 15.5. The van der Waals surface area contributed by atoms with E-state index in [0.717, 1.165) is 51.5 Å². The maximum absolute atomic E-state index is 15.6. The molecular weight excluding hydrogens is 920 g/mol. The number of carbonyl (C=O) groups is 2. The van der Waals surface area contributed by atoms with Crippen LogP contribution in [0.2, 0.25) is 23.7 Å². The second-order valence-electron chi connectivity index (χ2n) is 19.3. The van der Waals surface area contributed by atoms with Crippen molar-refractivity contribution in [2.75, 3.05) is 43.3 Å². The molecule has 4 heterocycles. The number of aryl methyl sites for hydroxylation is 1. The highest BCUT2D eigenvalue weighted by atomic mass is 35.5.